The molecule has 2 amide bonds. The first-order valence-electron chi connectivity index (χ1n) is 14.5. The summed E-state index contributed by atoms with van der Waals surface area (Å²) in [5.41, 5.74) is 2.22. The molecular formula is C33H36ClN3O6. The zero-order valence-corrected chi connectivity index (χ0v) is 25.1. The molecule has 2 fully saturated rings. The predicted molar refractivity (Wildman–Crippen MR) is 165 cm³/mol. The van der Waals surface area contributed by atoms with Crippen molar-refractivity contribution in [2.24, 2.45) is 5.92 Å². The Morgan fingerprint density at radius 2 is 1.67 bits per heavy atom. The van der Waals surface area contributed by atoms with Crippen LogP contribution in [0.5, 0.6) is 11.5 Å². The van der Waals surface area contributed by atoms with Crippen molar-refractivity contribution in [2.75, 3.05) is 31.6 Å². The van der Waals surface area contributed by atoms with E-state index < -0.39 is 12.0 Å². The number of carbonyl (C=O) groups is 3. The van der Waals surface area contributed by atoms with Gasteiger partial charge in [0, 0.05) is 12.5 Å². The molecule has 0 aromatic heterocycles. The Balaban J connectivity index is 1.25. The van der Waals surface area contributed by atoms with Gasteiger partial charge in [-0.3, -0.25) is 9.69 Å². The molecule has 1 saturated carbocycles. The molecule has 2 unspecified atom stereocenters. The predicted octanol–water partition coefficient (Wildman–Crippen LogP) is 6.56. The quantitative estimate of drug-likeness (QED) is 0.252. The zero-order chi connectivity index (χ0) is 30.3. The SMILES string of the molecule is COC(=O)c1ccc(OCN2C3CCCCC3C[C@H]2C(=O)Cc2ccc(NC(=O)Nc3ccccc3Cl)c(OC)c2)cc1. The van der Waals surface area contributed by atoms with Crippen LogP contribution in [0.15, 0.2) is 66.7 Å². The van der Waals surface area contributed by atoms with Gasteiger partial charge < -0.3 is 24.8 Å². The van der Waals surface area contributed by atoms with Crippen molar-refractivity contribution in [2.45, 2.75) is 50.6 Å². The van der Waals surface area contributed by atoms with E-state index in [0.717, 1.165) is 31.2 Å². The first kappa shape index (κ1) is 30.4. The van der Waals surface area contributed by atoms with Gasteiger partial charge in [0.05, 0.1) is 42.2 Å². The molecule has 10 heteroatoms. The molecule has 1 heterocycles. The first-order chi connectivity index (χ1) is 20.9. The van der Waals surface area contributed by atoms with E-state index in [-0.39, 0.29) is 18.2 Å². The lowest BCUT2D eigenvalue weighted by atomic mass is 9.84. The number of ether oxygens (including phenoxy) is 3. The number of Topliss-reactive ketones (excluding diaryl/α,β-unsaturated/α-hetero) is 1. The Bertz CT molecular complexity index is 1460. The second kappa shape index (κ2) is 13.9. The van der Waals surface area contributed by atoms with E-state index in [1.807, 2.05) is 6.07 Å². The number of fused-ring (bicyclic) bond motifs is 1. The fraction of sp³-hybridized carbons (Fsp3) is 0.364. The summed E-state index contributed by atoms with van der Waals surface area (Å²) in [5, 5.41) is 5.95. The monoisotopic (exact) mass is 605 g/mol. The molecule has 0 radical (unpaired) electrons. The Morgan fingerprint density at radius 1 is 0.930 bits per heavy atom. The molecular weight excluding hydrogens is 570 g/mol. The average Bonchev–Trinajstić information content (AvgIpc) is 3.40. The molecule has 3 aromatic carbocycles. The second-order valence-corrected chi connectivity index (χ2v) is 11.3. The number of para-hydroxylation sites is 1. The first-order valence-corrected chi connectivity index (χ1v) is 14.8. The van der Waals surface area contributed by atoms with Gasteiger partial charge in [0.25, 0.3) is 0 Å². The van der Waals surface area contributed by atoms with Gasteiger partial charge in [0.15, 0.2) is 5.78 Å². The Labute approximate surface area is 256 Å². The second-order valence-electron chi connectivity index (χ2n) is 10.9. The maximum atomic E-state index is 13.7. The van der Waals surface area contributed by atoms with Crippen LogP contribution in [0, 0.1) is 5.92 Å². The highest BCUT2D eigenvalue weighted by Crippen LogP contribution is 2.40. The smallest absolute Gasteiger partial charge is 0.337 e. The van der Waals surface area contributed by atoms with Crippen LogP contribution in [0.25, 0.3) is 0 Å². The van der Waals surface area contributed by atoms with E-state index in [4.69, 9.17) is 25.8 Å². The fourth-order valence-electron chi connectivity index (χ4n) is 6.12. The lowest BCUT2D eigenvalue weighted by molar-refractivity contribution is -0.124. The van der Waals surface area contributed by atoms with E-state index >= 15 is 0 Å². The van der Waals surface area contributed by atoms with Crippen molar-refractivity contribution in [1.82, 2.24) is 4.90 Å². The molecule has 1 saturated heterocycles. The van der Waals surface area contributed by atoms with Gasteiger partial charge >= 0.3 is 12.0 Å². The molecule has 9 nitrogen and oxygen atoms in total. The van der Waals surface area contributed by atoms with Crippen molar-refractivity contribution in [3.8, 4) is 11.5 Å². The summed E-state index contributed by atoms with van der Waals surface area (Å²) in [5.74, 6) is 1.27. The van der Waals surface area contributed by atoms with Gasteiger partial charge in [-0.15, -0.1) is 0 Å². The lowest BCUT2D eigenvalue weighted by Gasteiger charge is -2.33. The third-order valence-electron chi connectivity index (χ3n) is 8.26. The van der Waals surface area contributed by atoms with Crippen LogP contribution in [-0.2, 0) is 16.0 Å². The van der Waals surface area contributed by atoms with Crippen LogP contribution >= 0.6 is 11.6 Å². The van der Waals surface area contributed by atoms with Gasteiger partial charge in [0.2, 0.25) is 0 Å². The number of anilines is 2. The standard InChI is InChI=1S/C33H36ClN3O6/c1-41-31-18-21(11-16-27(31)36-33(40)35-26-9-5-4-8-25(26)34)17-30(38)29-19-23-7-3-6-10-28(23)37(29)20-43-24-14-12-22(13-15-24)32(39)42-2/h4-5,8-9,11-16,18,23,28-29H,3,6-7,10,17,19-20H2,1-2H3,(H2,35,36,40)/t23?,28?,29-/m0/s1. The number of benzene rings is 3. The van der Waals surface area contributed by atoms with Crippen molar-refractivity contribution in [3.63, 3.8) is 0 Å². The lowest BCUT2D eigenvalue weighted by Crippen LogP contribution is -2.44. The van der Waals surface area contributed by atoms with Crippen molar-refractivity contribution < 1.29 is 28.6 Å². The van der Waals surface area contributed by atoms with E-state index in [0.29, 0.717) is 52.2 Å². The molecule has 226 valence electrons. The van der Waals surface area contributed by atoms with Gasteiger partial charge in [-0.1, -0.05) is 42.6 Å². The highest BCUT2D eigenvalue weighted by molar-refractivity contribution is 6.33. The number of carbonyl (C=O) groups excluding carboxylic acids is 3. The Kier molecular flexibility index (Phi) is 9.84. The molecule has 3 aromatic rings. The number of amides is 2. The zero-order valence-electron chi connectivity index (χ0n) is 24.3. The number of urea groups is 1. The van der Waals surface area contributed by atoms with Crippen molar-refractivity contribution in [3.05, 3.63) is 82.9 Å². The maximum absolute atomic E-state index is 13.7. The van der Waals surface area contributed by atoms with Crippen molar-refractivity contribution in [1.29, 1.82) is 0 Å². The minimum atomic E-state index is -0.459. The van der Waals surface area contributed by atoms with Gasteiger partial charge in [-0.2, -0.15) is 0 Å². The molecule has 1 aliphatic carbocycles. The number of esters is 1. The minimum Gasteiger partial charge on any atom is -0.495 e. The van der Waals surface area contributed by atoms with Crippen LogP contribution < -0.4 is 20.1 Å². The number of ketones is 1. The molecule has 3 atom stereocenters. The van der Waals surface area contributed by atoms with Crippen LogP contribution in [-0.4, -0.2) is 55.7 Å². The van der Waals surface area contributed by atoms with Gasteiger partial charge in [-0.05, 0) is 79.3 Å². The van der Waals surface area contributed by atoms with Gasteiger partial charge in [0.1, 0.15) is 18.2 Å². The number of hydrogen-bond acceptors (Lipinski definition) is 7. The minimum absolute atomic E-state index is 0.123. The number of halogens is 1. The number of rotatable bonds is 10. The van der Waals surface area contributed by atoms with E-state index in [1.54, 1.807) is 60.7 Å². The van der Waals surface area contributed by atoms with E-state index in [1.165, 1.54) is 20.6 Å². The maximum Gasteiger partial charge on any atom is 0.337 e. The van der Waals surface area contributed by atoms with Crippen LogP contribution in [0.3, 0.4) is 0 Å². The normalized spacial score (nSPS) is 19.7. The molecule has 2 N–H and O–H groups in total. The molecule has 1 aliphatic heterocycles. The van der Waals surface area contributed by atoms with Crippen LogP contribution in [0.2, 0.25) is 5.02 Å². The Hall–Kier alpha value is -4.08. The molecule has 2 aliphatic rings. The average molecular weight is 606 g/mol. The van der Waals surface area contributed by atoms with E-state index in [2.05, 4.69) is 15.5 Å². The van der Waals surface area contributed by atoms with Crippen molar-refractivity contribution >= 4 is 40.8 Å². The number of hydrogen-bond donors (Lipinski definition) is 2. The summed E-state index contributed by atoms with van der Waals surface area (Å²) in [6.07, 6.45) is 5.53. The summed E-state index contributed by atoms with van der Waals surface area (Å²) in [7, 11) is 2.87. The van der Waals surface area contributed by atoms with Crippen LogP contribution in [0.4, 0.5) is 16.2 Å². The third-order valence-corrected chi connectivity index (χ3v) is 8.59. The third kappa shape index (κ3) is 7.29. The van der Waals surface area contributed by atoms with Gasteiger partial charge in [-0.25, -0.2) is 9.59 Å². The summed E-state index contributed by atoms with van der Waals surface area (Å²) in [4.78, 5) is 40.3. The Morgan fingerprint density at radius 3 is 2.42 bits per heavy atom. The topological polar surface area (TPSA) is 106 Å². The largest absolute Gasteiger partial charge is 0.495 e. The summed E-state index contributed by atoms with van der Waals surface area (Å²) < 4.78 is 16.4. The van der Waals surface area contributed by atoms with Crippen LogP contribution in [0.1, 0.15) is 48.0 Å². The van der Waals surface area contributed by atoms with E-state index in [9.17, 15) is 14.4 Å². The number of nitrogens with zero attached hydrogens (tertiary/aromatic N) is 1. The highest BCUT2D eigenvalue weighted by Gasteiger charge is 2.45. The fourth-order valence-corrected chi connectivity index (χ4v) is 6.30. The summed E-state index contributed by atoms with van der Waals surface area (Å²) in [6.45, 7) is 0.294. The number of nitrogens with one attached hydrogen (secondary N) is 2. The summed E-state index contributed by atoms with van der Waals surface area (Å²) >= 11 is 6.15. The number of likely N-dealkylation sites (tertiary alicyclic amines) is 1. The summed E-state index contributed by atoms with van der Waals surface area (Å²) in [6, 6.07) is 18.7. The molecule has 43 heavy (non-hydrogen) atoms. The molecule has 0 spiro atoms. The highest BCUT2D eigenvalue weighted by atomic mass is 35.5. The number of methoxy groups -OCH3 is 2. The molecule has 5 rings (SSSR count). The molecule has 0 bridgehead atoms.